The molecule has 6 heteroatoms. The average molecular weight is 354 g/mol. The molecule has 1 aliphatic rings. The molecule has 1 fully saturated rings. The van der Waals surface area contributed by atoms with Gasteiger partial charge in [0.15, 0.2) is 0 Å². The minimum atomic E-state index is -0.259. The van der Waals surface area contributed by atoms with E-state index in [2.05, 4.69) is 15.3 Å². The fourth-order valence-electron chi connectivity index (χ4n) is 3.44. The second kappa shape index (κ2) is 7.32. The molecule has 5 nitrogen and oxygen atoms in total. The summed E-state index contributed by atoms with van der Waals surface area (Å²) in [6.45, 7) is 0.594. The Morgan fingerprint density at radius 3 is 2.81 bits per heavy atom. The van der Waals surface area contributed by atoms with Crippen LogP contribution in [-0.2, 0) is 13.6 Å². The highest BCUT2D eigenvalue weighted by atomic mass is 19.1. The van der Waals surface area contributed by atoms with Gasteiger partial charge >= 0.3 is 0 Å². The van der Waals surface area contributed by atoms with Crippen LogP contribution in [0.5, 0.6) is 5.88 Å². The number of aryl methyl sites for hydroxylation is 1. The maximum Gasteiger partial charge on any atom is 0.213 e. The van der Waals surface area contributed by atoms with Crippen LogP contribution in [-0.4, -0.2) is 20.6 Å². The Labute approximate surface area is 152 Å². The van der Waals surface area contributed by atoms with Gasteiger partial charge in [-0.2, -0.15) is 0 Å². The normalized spacial score (nSPS) is 15.3. The lowest BCUT2D eigenvalue weighted by Crippen LogP contribution is -2.20. The number of pyridine rings is 1. The van der Waals surface area contributed by atoms with Crippen LogP contribution in [0.25, 0.3) is 11.0 Å². The van der Waals surface area contributed by atoms with E-state index in [4.69, 9.17) is 4.74 Å². The summed E-state index contributed by atoms with van der Waals surface area (Å²) in [7, 11) is 1.87. The van der Waals surface area contributed by atoms with Crippen molar-refractivity contribution in [2.45, 2.75) is 44.8 Å². The van der Waals surface area contributed by atoms with Crippen LogP contribution in [0.4, 0.5) is 10.3 Å². The molecule has 0 radical (unpaired) electrons. The summed E-state index contributed by atoms with van der Waals surface area (Å²) >= 11 is 0. The highest BCUT2D eigenvalue weighted by Gasteiger charge is 2.15. The van der Waals surface area contributed by atoms with Crippen molar-refractivity contribution < 1.29 is 9.13 Å². The van der Waals surface area contributed by atoms with E-state index in [-0.39, 0.29) is 5.82 Å². The zero-order valence-corrected chi connectivity index (χ0v) is 14.9. The van der Waals surface area contributed by atoms with Crippen LogP contribution < -0.4 is 10.1 Å². The van der Waals surface area contributed by atoms with Crippen LogP contribution in [0.15, 0.2) is 36.5 Å². The van der Waals surface area contributed by atoms with E-state index in [9.17, 15) is 4.39 Å². The van der Waals surface area contributed by atoms with Gasteiger partial charge in [0.2, 0.25) is 11.8 Å². The predicted octanol–water partition coefficient (Wildman–Crippen LogP) is 4.43. The Morgan fingerprint density at radius 1 is 1.19 bits per heavy atom. The van der Waals surface area contributed by atoms with Crippen molar-refractivity contribution in [3.05, 3.63) is 47.9 Å². The van der Waals surface area contributed by atoms with Crippen molar-refractivity contribution in [2.24, 2.45) is 7.05 Å². The molecule has 1 saturated carbocycles. The summed E-state index contributed by atoms with van der Waals surface area (Å²) in [6.07, 6.45) is 8.18. The Balaban J connectivity index is 1.39. The lowest BCUT2D eigenvalue weighted by molar-refractivity contribution is 0.148. The molecule has 26 heavy (non-hydrogen) atoms. The smallest absolute Gasteiger partial charge is 0.213 e. The topological polar surface area (TPSA) is 52.0 Å². The molecular weight excluding hydrogens is 331 g/mol. The van der Waals surface area contributed by atoms with E-state index in [1.165, 1.54) is 31.4 Å². The third-order valence-corrected chi connectivity index (χ3v) is 4.93. The number of nitrogens with one attached hydrogen (secondary N) is 1. The molecule has 2 aromatic heterocycles. The van der Waals surface area contributed by atoms with E-state index in [1.54, 1.807) is 6.07 Å². The Bertz CT molecular complexity index is 885. The van der Waals surface area contributed by atoms with Gasteiger partial charge in [-0.15, -0.1) is 0 Å². The largest absolute Gasteiger partial charge is 0.474 e. The Morgan fingerprint density at radius 2 is 2.04 bits per heavy atom. The van der Waals surface area contributed by atoms with Crippen molar-refractivity contribution in [3.63, 3.8) is 0 Å². The van der Waals surface area contributed by atoms with Crippen LogP contribution >= 0.6 is 0 Å². The number of aromatic nitrogens is 3. The van der Waals surface area contributed by atoms with Gasteiger partial charge in [-0.3, -0.25) is 0 Å². The van der Waals surface area contributed by atoms with Crippen LogP contribution in [0, 0.1) is 5.82 Å². The van der Waals surface area contributed by atoms with Gasteiger partial charge in [-0.25, -0.2) is 14.4 Å². The number of nitrogens with zero attached hydrogens (tertiary/aromatic N) is 3. The number of anilines is 1. The number of rotatable bonds is 5. The first-order valence-corrected chi connectivity index (χ1v) is 9.16. The fourth-order valence-corrected chi connectivity index (χ4v) is 3.44. The molecule has 0 atom stereocenters. The molecule has 3 aromatic rings. The molecule has 1 N–H and O–H groups in total. The van der Waals surface area contributed by atoms with Crippen molar-refractivity contribution in [3.8, 4) is 5.88 Å². The molecule has 0 unspecified atom stereocenters. The third kappa shape index (κ3) is 3.64. The standard InChI is InChI=1S/C20H23FN4O/c1-25-18-11-15(21)8-9-17(18)24-20(25)23-13-14-7-10-19(22-12-14)26-16-5-3-2-4-6-16/h7-12,16H,2-6,13H2,1H3,(H,23,24). The van der Waals surface area contributed by atoms with Gasteiger partial charge in [0.25, 0.3) is 0 Å². The van der Waals surface area contributed by atoms with E-state index in [1.807, 2.05) is 29.9 Å². The zero-order chi connectivity index (χ0) is 17.9. The van der Waals surface area contributed by atoms with Gasteiger partial charge in [0.1, 0.15) is 11.9 Å². The minimum absolute atomic E-state index is 0.259. The van der Waals surface area contributed by atoms with Crippen molar-refractivity contribution in [2.75, 3.05) is 5.32 Å². The average Bonchev–Trinajstić information content (AvgIpc) is 2.98. The second-order valence-corrected chi connectivity index (χ2v) is 6.86. The Kier molecular flexibility index (Phi) is 4.73. The summed E-state index contributed by atoms with van der Waals surface area (Å²) in [5.74, 6) is 1.14. The molecule has 4 rings (SSSR count). The summed E-state index contributed by atoms with van der Waals surface area (Å²) in [4.78, 5) is 8.93. The summed E-state index contributed by atoms with van der Waals surface area (Å²) in [6, 6.07) is 8.55. The number of hydrogen-bond donors (Lipinski definition) is 1. The van der Waals surface area contributed by atoms with Crippen LogP contribution in [0.2, 0.25) is 0 Å². The minimum Gasteiger partial charge on any atom is -0.474 e. The van der Waals surface area contributed by atoms with Gasteiger partial charge in [-0.1, -0.05) is 12.5 Å². The molecule has 2 heterocycles. The maximum atomic E-state index is 13.4. The van der Waals surface area contributed by atoms with Crippen molar-refractivity contribution in [1.82, 2.24) is 14.5 Å². The second-order valence-electron chi connectivity index (χ2n) is 6.86. The first-order chi connectivity index (χ1) is 12.7. The monoisotopic (exact) mass is 354 g/mol. The number of imidazole rings is 1. The van der Waals surface area contributed by atoms with E-state index in [0.29, 0.717) is 24.5 Å². The first kappa shape index (κ1) is 16.8. The highest BCUT2D eigenvalue weighted by Crippen LogP contribution is 2.23. The molecule has 0 saturated heterocycles. The summed E-state index contributed by atoms with van der Waals surface area (Å²) < 4.78 is 21.2. The third-order valence-electron chi connectivity index (χ3n) is 4.93. The lowest BCUT2D eigenvalue weighted by Gasteiger charge is -2.22. The number of ether oxygens (including phenoxy) is 1. The number of benzene rings is 1. The van der Waals surface area contributed by atoms with Gasteiger partial charge in [0.05, 0.1) is 11.0 Å². The van der Waals surface area contributed by atoms with Gasteiger partial charge in [-0.05, 0) is 49.4 Å². The van der Waals surface area contributed by atoms with Crippen LogP contribution in [0.1, 0.15) is 37.7 Å². The number of halogens is 1. The fraction of sp³-hybridized carbons (Fsp3) is 0.400. The molecule has 1 aromatic carbocycles. The summed E-state index contributed by atoms with van der Waals surface area (Å²) in [5, 5.41) is 3.29. The zero-order valence-electron chi connectivity index (χ0n) is 14.9. The SMILES string of the molecule is Cn1c(NCc2ccc(OC3CCCCC3)nc2)nc2ccc(F)cc21. The maximum absolute atomic E-state index is 13.4. The van der Waals surface area contributed by atoms with Gasteiger partial charge in [0, 0.05) is 25.9 Å². The molecule has 0 aliphatic heterocycles. The number of fused-ring (bicyclic) bond motifs is 1. The molecule has 1 aliphatic carbocycles. The van der Waals surface area contributed by atoms with E-state index < -0.39 is 0 Å². The van der Waals surface area contributed by atoms with E-state index in [0.717, 1.165) is 29.4 Å². The number of hydrogen-bond acceptors (Lipinski definition) is 4. The molecule has 0 bridgehead atoms. The molecular formula is C20H23FN4O. The highest BCUT2D eigenvalue weighted by molar-refractivity contribution is 5.78. The molecule has 0 spiro atoms. The van der Waals surface area contributed by atoms with Crippen LogP contribution in [0.3, 0.4) is 0 Å². The quantitative estimate of drug-likeness (QED) is 0.736. The predicted molar refractivity (Wildman–Crippen MR) is 99.7 cm³/mol. The molecule has 0 amide bonds. The van der Waals surface area contributed by atoms with E-state index >= 15 is 0 Å². The van der Waals surface area contributed by atoms with Crippen molar-refractivity contribution in [1.29, 1.82) is 0 Å². The van der Waals surface area contributed by atoms with Gasteiger partial charge < -0.3 is 14.6 Å². The lowest BCUT2D eigenvalue weighted by atomic mass is 9.98. The first-order valence-electron chi connectivity index (χ1n) is 9.16. The molecule has 136 valence electrons. The summed E-state index contributed by atoms with van der Waals surface area (Å²) in [5.41, 5.74) is 2.58. The van der Waals surface area contributed by atoms with Crippen molar-refractivity contribution >= 4 is 17.0 Å². The Hall–Kier alpha value is -2.63.